The van der Waals surface area contributed by atoms with Crippen molar-refractivity contribution in [2.24, 2.45) is 0 Å². The van der Waals surface area contributed by atoms with Crippen molar-refractivity contribution in [1.29, 1.82) is 0 Å². The standard InChI is InChI=1S/C23H22Cl2N2O3S/c1-16-11-13-18(14-12-16)23(17-7-4-3-5-8-17)26-21(28)15-27(31(2,29)30)20-10-6-9-19(24)22(20)25/h3-14,23H,15H2,1-2H3,(H,26,28)/t23-/m0/s1. The molecule has 0 aromatic heterocycles. The fourth-order valence-electron chi connectivity index (χ4n) is 3.17. The molecule has 0 aliphatic rings. The number of hydrogen-bond donors (Lipinski definition) is 1. The maximum absolute atomic E-state index is 13.0. The molecular formula is C23H22Cl2N2O3S. The minimum atomic E-state index is -3.79. The minimum Gasteiger partial charge on any atom is -0.344 e. The SMILES string of the molecule is Cc1ccc([C@@H](NC(=O)CN(c2cccc(Cl)c2Cl)S(C)(=O)=O)c2ccccc2)cc1. The number of aryl methyl sites for hydroxylation is 1. The van der Waals surface area contributed by atoms with Crippen molar-refractivity contribution < 1.29 is 13.2 Å². The van der Waals surface area contributed by atoms with Gasteiger partial charge < -0.3 is 5.32 Å². The van der Waals surface area contributed by atoms with Crippen LogP contribution in [0.4, 0.5) is 5.69 Å². The second-order valence-electron chi connectivity index (χ2n) is 7.16. The second-order valence-corrected chi connectivity index (χ2v) is 9.86. The van der Waals surface area contributed by atoms with Gasteiger partial charge in [-0.3, -0.25) is 9.10 Å². The summed E-state index contributed by atoms with van der Waals surface area (Å²) in [6.07, 6.45) is 1.02. The first-order chi connectivity index (χ1) is 14.7. The Kier molecular flexibility index (Phi) is 7.26. The van der Waals surface area contributed by atoms with Crippen molar-refractivity contribution in [3.05, 3.63) is 99.5 Å². The molecule has 1 atom stereocenters. The van der Waals surface area contributed by atoms with E-state index in [0.29, 0.717) is 0 Å². The van der Waals surface area contributed by atoms with E-state index in [4.69, 9.17) is 23.2 Å². The van der Waals surface area contributed by atoms with Crippen LogP contribution >= 0.6 is 23.2 Å². The van der Waals surface area contributed by atoms with Gasteiger partial charge in [-0.15, -0.1) is 0 Å². The number of nitrogens with zero attached hydrogens (tertiary/aromatic N) is 1. The van der Waals surface area contributed by atoms with Gasteiger partial charge in [-0.1, -0.05) is 89.4 Å². The molecule has 1 N–H and O–H groups in total. The number of benzene rings is 3. The van der Waals surface area contributed by atoms with Crippen molar-refractivity contribution in [3.8, 4) is 0 Å². The number of carbonyl (C=O) groups excluding carboxylic acids is 1. The molecule has 0 bridgehead atoms. The van der Waals surface area contributed by atoms with Gasteiger partial charge in [-0.05, 0) is 30.2 Å². The Morgan fingerprint density at radius 1 is 0.935 bits per heavy atom. The topological polar surface area (TPSA) is 66.5 Å². The van der Waals surface area contributed by atoms with Crippen LogP contribution in [0.15, 0.2) is 72.8 Å². The molecule has 0 radical (unpaired) electrons. The van der Waals surface area contributed by atoms with Crippen LogP contribution < -0.4 is 9.62 Å². The molecule has 5 nitrogen and oxygen atoms in total. The molecule has 0 heterocycles. The lowest BCUT2D eigenvalue weighted by Crippen LogP contribution is -2.42. The van der Waals surface area contributed by atoms with Gasteiger partial charge in [-0.2, -0.15) is 0 Å². The summed E-state index contributed by atoms with van der Waals surface area (Å²) >= 11 is 12.3. The predicted molar refractivity (Wildman–Crippen MR) is 126 cm³/mol. The zero-order valence-corrected chi connectivity index (χ0v) is 19.4. The Balaban J connectivity index is 1.91. The smallest absolute Gasteiger partial charge is 0.241 e. The number of anilines is 1. The van der Waals surface area contributed by atoms with E-state index < -0.39 is 28.5 Å². The van der Waals surface area contributed by atoms with Crippen LogP contribution in [-0.4, -0.2) is 27.1 Å². The molecule has 0 fully saturated rings. The normalized spacial score (nSPS) is 12.3. The first-order valence-corrected chi connectivity index (χ1v) is 12.1. The van der Waals surface area contributed by atoms with Gasteiger partial charge in [0.25, 0.3) is 0 Å². The molecular weight excluding hydrogens is 455 g/mol. The van der Waals surface area contributed by atoms with E-state index in [0.717, 1.165) is 27.3 Å². The molecule has 0 unspecified atom stereocenters. The maximum Gasteiger partial charge on any atom is 0.241 e. The van der Waals surface area contributed by atoms with E-state index in [1.807, 2.05) is 61.5 Å². The van der Waals surface area contributed by atoms with Gasteiger partial charge in [0.1, 0.15) is 6.54 Å². The van der Waals surface area contributed by atoms with Gasteiger partial charge in [0, 0.05) is 0 Å². The molecule has 0 aliphatic carbocycles. The summed E-state index contributed by atoms with van der Waals surface area (Å²) in [5.41, 5.74) is 3.02. The molecule has 162 valence electrons. The molecule has 3 aromatic rings. The Morgan fingerprint density at radius 2 is 1.55 bits per heavy atom. The van der Waals surface area contributed by atoms with E-state index >= 15 is 0 Å². The highest BCUT2D eigenvalue weighted by Gasteiger charge is 2.25. The molecule has 8 heteroatoms. The first-order valence-electron chi connectivity index (χ1n) is 9.49. The summed E-state index contributed by atoms with van der Waals surface area (Å²) in [4.78, 5) is 13.0. The first kappa shape index (κ1) is 23.1. The van der Waals surface area contributed by atoms with Gasteiger partial charge >= 0.3 is 0 Å². The molecule has 31 heavy (non-hydrogen) atoms. The van der Waals surface area contributed by atoms with Crippen LogP contribution in [0.1, 0.15) is 22.7 Å². The summed E-state index contributed by atoms with van der Waals surface area (Å²) in [5, 5.41) is 3.23. The Bertz CT molecular complexity index is 1170. The van der Waals surface area contributed by atoms with E-state index in [1.165, 1.54) is 6.07 Å². The number of hydrogen-bond acceptors (Lipinski definition) is 3. The maximum atomic E-state index is 13.0. The van der Waals surface area contributed by atoms with Crippen molar-refractivity contribution in [3.63, 3.8) is 0 Å². The molecule has 1 amide bonds. The summed E-state index contributed by atoms with van der Waals surface area (Å²) in [5.74, 6) is -0.476. The van der Waals surface area contributed by atoms with Crippen molar-refractivity contribution >= 4 is 44.8 Å². The Hall–Kier alpha value is -2.54. The van der Waals surface area contributed by atoms with Crippen molar-refractivity contribution in [1.82, 2.24) is 5.32 Å². The summed E-state index contributed by atoms with van der Waals surface area (Å²) in [6, 6.07) is 21.5. The van der Waals surface area contributed by atoms with Crippen molar-refractivity contribution in [2.45, 2.75) is 13.0 Å². The van der Waals surface area contributed by atoms with Crippen molar-refractivity contribution in [2.75, 3.05) is 17.1 Å². The third-order valence-corrected chi connectivity index (χ3v) is 6.67. The largest absolute Gasteiger partial charge is 0.344 e. The average Bonchev–Trinajstić information content (AvgIpc) is 2.73. The fourth-order valence-corrected chi connectivity index (χ4v) is 4.48. The number of halogens is 2. The van der Waals surface area contributed by atoms with Gasteiger partial charge in [0.05, 0.1) is 28.0 Å². The van der Waals surface area contributed by atoms with Gasteiger partial charge in [0.15, 0.2) is 0 Å². The van der Waals surface area contributed by atoms with Gasteiger partial charge in [0.2, 0.25) is 15.9 Å². The van der Waals surface area contributed by atoms with E-state index in [-0.39, 0.29) is 15.7 Å². The number of nitrogens with one attached hydrogen (secondary N) is 1. The third kappa shape index (κ3) is 5.79. The monoisotopic (exact) mass is 476 g/mol. The second kappa shape index (κ2) is 9.73. The Labute approximate surface area is 192 Å². The predicted octanol–water partition coefficient (Wildman–Crippen LogP) is 4.97. The highest BCUT2D eigenvalue weighted by Crippen LogP contribution is 2.33. The molecule has 3 aromatic carbocycles. The highest BCUT2D eigenvalue weighted by molar-refractivity contribution is 7.92. The quantitative estimate of drug-likeness (QED) is 0.523. The summed E-state index contributed by atoms with van der Waals surface area (Å²) in [6.45, 7) is 1.55. The number of amides is 1. The van der Waals surface area contributed by atoms with Crippen LogP contribution in [0.25, 0.3) is 0 Å². The number of rotatable bonds is 7. The molecule has 0 saturated heterocycles. The molecule has 0 aliphatic heterocycles. The lowest BCUT2D eigenvalue weighted by Gasteiger charge is -2.25. The third-order valence-electron chi connectivity index (χ3n) is 4.74. The van der Waals surface area contributed by atoms with Crippen LogP contribution in [0.5, 0.6) is 0 Å². The molecule has 0 spiro atoms. The zero-order valence-electron chi connectivity index (χ0n) is 17.0. The van der Waals surface area contributed by atoms with Crippen LogP contribution in [-0.2, 0) is 14.8 Å². The zero-order chi connectivity index (χ0) is 22.6. The molecule has 3 rings (SSSR count). The van der Waals surface area contributed by atoms with E-state index in [9.17, 15) is 13.2 Å². The van der Waals surface area contributed by atoms with Crippen LogP contribution in [0, 0.1) is 6.92 Å². The van der Waals surface area contributed by atoms with Gasteiger partial charge in [-0.25, -0.2) is 8.42 Å². The van der Waals surface area contributed by atoms with Crippen LogP contribution in [0.3, 0.4) is 0 Å². The highest BCUT2D eigenvalue weighted by atomic mass is 35.5. The fraction of sp³-hybridized carbons (Fsp3) is 0.174. The van der Waals surface area contributed by atoms with E-state index in [2.05, 4.69) is 5.32 Å². The summed E-state index contributed by atoms with van der Waals surface area (Å²) in [7, 11) is -3.79. The minimum absolute atomic E-state index is 0.0699. The average molecular weight is 477 g/mol. The number of sulfonamides is 1. The lowest BCUT2D eigenvalue weighted by atomic mass is 9.98. The lowest BCUT2D eigenvalue weighted by molar-refractivity contribution is -0.120. The summed E-state index contributed by atoms with van der Waals surface area (Å²) < 4.78 is 25.8. The van der Waals surface area contributed by atoms with E-state index in [1.54, 1.807) is 12.1 Å². The Morgan fingerprint density at radius 3 is 2.16 bits per heavy atom. The molecule has 0 saturated carbocycles. The number of carbonyl (C=O) groups is 1. The van der Waals surface area contributed by atoms with Crippen LogP contribution in [0.2, 0.25) is 10.0 Å².